The van der Waals surface area contributed by atoms with Crippen LogP contribution in [0.5, 0.6) is 0 Å². The first-order chi connectivity index (χ1) is 9.75. The number of rotatable bonds is 7. The van der Waals surface area contributed by atoms with Crippen LogP contribution in [-0.2, 0) is 20.5 Å². The number of ketones is 1. The molecule has 1 unspecified atom stereocenters. The van der Waals surface area contributed by atoms with Crippen molar-refractivity contribution < 1.29 is 9.59 Å². The number of carbonyl (C=O) groups excluding carboxylic acids is 2. The van der Waals surface area contributed by atoms with Crippen LogP contribution in [0.3, 0.4) is 0 Å². The van der Waals surface area contributed by atoms with Crippen LogP contribution in [-0.4, -0.2) is 11.9 Å². The maximum absolute atomic E-state index is 11.3. The minimum atomic E-state index is -0.576. The summed E-state index contributed by atoms with van der Waals surface area (Å²) in [5.74, 6) is 0.219. The summed E-state index contributed by atoms with van der Waals surface area (Å²) in [6, 6.07) is 8.16. The van der Waals surface area contributed by atoms with Crippen LogP contribution >= 0.6 is 0 Å². The number of aliphatic imine (C=N–C) groups is 1. The van der Waals surface area contributed by atoms with Crippen molar-refractivity contribution >= 4 is 11.9 Å². The molecule has 0 aromatic heterocycles. The Hall–Kier alpha value is -1.73. The van der Waals surface area contributed by atoms with Crippen LogP contribution in [0.2, 0.25) is 0 Å². The third kappa shape index (κ3) is 4.37. The Labute approximate surface area is 127 Å². The third-order valence-electron chi connectivity index (χ3n) is 4.40. The normalized spacial score (nSPS) is 14.1. The van der Waals surface area contributed by atoms with Crippen molar-refractivity contribution in [2.75, 3.05) is 0 Å². The fraction of sp³-hybridized carbons (Fsp3) is 0.556. The molecule has 0 aliphatic rings. The molecule has 0 radical (unpaired) electrons. The molecule has 0 aliphatic heterocycles. The lowest BCUT2D eigenvalue weighted by Gasteiger charge is -2.30. The van der Waals surface area contributed by atoms with Gasteiger partial charge in [0.25, 0.3) is 0 Å². The molecule has 3 heteroatoms. The molecular formula is C18H25NO2. The summed E-state index contributed by atoms with van der Waals surface area (Å²) in [7, 11) is 0. The molecule has 0 N–H and O–H groups in total. The predicted molar refractivity (Wildman–Crippen MR) is 85.1 cm³/mol. The van der Waals surface area contributed by atoms with E-state index in [1.807, 2.05) is 26.0 Å². The molecule has 0 saturated carbocycles. The van der Waals surface area contributed by atoms with Gasteiger partial charge in [-0.05, 0) is 50.2 Å². The van der Waals surface area contributed by atoms with E-state index >= 15 is 0 Å². The highest BCUT2D eigenvalue weighted by atomic mass is 16.1. The molecule has 1 atom stereocenters. The van der Waals surface area contributed by atoms with E-state index in [9.17, 15) is 9.59 Å². The van der Waals surface area contributed by atoms with E-state index < -0.39 is 5.54 Å². The lowest BCUT2D eigenvalue weighted by atomic mass is 9.75. The van der Waals surface area contributed by atoms with Crippen LogP contribution in [0.1, 0.15) is 65.0 Å². The maximum Gasteiger partial charge on any atom is 0.235 e. The molecular weight excluding hydrogens is 262 g/mol. The molecule has 0 heterocycles. The Balaban J connectivity index is 3.18. The van der Waals surface area contributed by atoms with Crippen molar-refractivity contribution in [3.63, 3.8) is 0 Å². The molecule has 1 aromatic carbocycles. The number of hydrogen-bond donors (Lipinski definition) is 0. The highest BCUT2D eigenvalue weighted by molar-refractivity contribution is 5.75. The molecule has 0 fully saturated rings. The predicted octanol–water partition coefficient (Wildman–Crippen LogP) is 4.29. The van der Waals surface area contributed by atoms with Crippen molar-refractivity contribution in [2.45, 2.75) is 64.8 Å². The molecule has 3 nitrogen and oxygen atoms in total. The standard InChI is InChI=1S/C18H25NO2/c1-6-18(5,11-10-14(2)21)16-9-7-8-15(12-16)17(3,4)19-13-20/h7-9,12H,6,10-11H2,1-5H3. The molecule has 0 amide bonds. The molecule has 0 saturated heterocycles. The summed E-state index contributed by atoms with van der Waals surface area (Å²) in [5.41, 5.74) is 1.57. The molecule has 21 heavy (non-hydrogen) atoms. The number of carbonyl (C=O) groups is 1. The quantitative estimate of drug-likeness (QED) is 0.554. The fourth-order valence-corrected chi connectivity index (χ4v) is 2.43. The second kappa shape index (κ2) is 6.82. The lowest BCUT2D eigenvalue weighted by Crippen LogP contribution is -2.23. The third-order valence-corrected chi connectivity index (χ3v) is 4.40. The van der Waals surface area contributed by atoms with Crippen LogP contribution < -0.4 is 0 Å². The Morgan fingerprint density at radius 1 is 1.24 bits per heavy atom. The van der Waals surface area contributed by atoms with Gasteiger partial charge >= 0.3 is 0 Å². The Morgan fingerprint density at radius 2 is 1.86 bits per heavy atom. The number of Topliss-reactive ketones (excluding diaryl/α,β-unsaturated/α-hetero) is 1. The largest absolute Gasteiger partial charge is 0.300 e. The molecule has 114 valence electrons. The van der Waals surface area contributed by atoms with E-state index in [0.717, 1.165) is 18.4 Å². The SMILES string of the molecule is CCC(C)(CCC(C)=O)c1cccc(C(C)(C)N=C=O)c1. The van der Waals surface area contributed by atoms with Crippen LogP contribution in [0.25, 0.3) is 0 Å². The van der Waals surface area contributed by atoms with Gasteiger partial charge in [-0.2, -0.15) is 4.99 Å². The van der Waals surface area contributed by atoms with Gasteiger partial charge in [-0.1, -0.05) is 38.1 Å². The van der Waals surface area contributed by atoms with Gasteiger partial charge in [0.05, 0.1) is 5.54 Å². The maximum atomic E-state index is 11.3. The summed E-state index contributed by atoms with van der Waals surface area (Å²) in [4.78, 5) is 25.8. The fourth-order valence-electron chi connectivity index (χ4n) is 2.43. The number of hydrogen-bond acceptors (Lipinski definition) is 3. The van der Waals surface area contributed by atoms with Crippen molar-refractivity contribution in [3.05, 3.63) is 35.4 Å². The Kier molecular flexibility index (Phi) is 5.62. The molecule has 0 spiro atoms. The van der Waals surface area contributed by atoms with Crippen molar-refractivity contribution in [1.29, 1.82) is 0 Å². The average Bonchev–Trinajstić information content (AvgIpc) is 2.45. The van der Waals surface area contributed by atoms with Gasteiger partial charge in [0.2, 0.25) is 6.08 Å². The molecule has 0 aliphatic carbocycles. The first-order valence-corrected chi connectivity index (χ1v) is 7.44. The minimum Gasteiger partial charge on any atom is -0.300 e. The first-order valence-electron chi connectivity index (χ1n) is 7.44. The lowest BCUT2D eigenvalue weighted by molar-refractivity contribution is -0.117. The van der Waals surface area contributed by atoms with Crippen molar-refractivity contribution in [2.24, 2.45) is 4.99 Å². The Bertz CT molecular complexity index is 556. The second-order valence-electron chi connectivity index (χ2n) is 6.46. The van der Waals surface area contributed by atoms with Gasteiger partial charge in [0.1, 0.15) is 5.78 Å². The zero-order valence-electron chi connectivity index (χ0n) is 13.7. The average molecular weight is 287 g/mol. The van der Waals surface area contributed by atoms with E-state index in [2.05, 4.69) is 31.0 Å². The summed E-state index contributed by atoms with van der Waals surface area (Å²) < 4.78 is 0. The molecule has 0 bridgehead atoms. The number of benzene rings is 1. The Morgan fingerprint density at radius 3 is 2.38 bits per heavy atom. The number of nitrogens with zero attached hydrogens (tertiary/aromatic N) is 1. The van der Waals surface area contributed by atoms with E-state index in [1.165, 1.54) is 5.56 Å². The van der Waals surface area contributed by atoms with Crippen molar-refractivity contribution in [1.82, 2.24) is 0 Å². The molecule has 1 rings (SSSR count). The zero-order chi connectivity index (χ0) is 16.1. The van der Waals surface area contributed by atoms with Gasteiger partial charge < -0.3 is 4.79 Å². The molecule has 1 aromatic rings. The van der Waals surface area contributed by atoms with E-state index in [1.54, 1.807) is 13.0 Å². The summed E-state index contributed by atoms with van der Waals surface area (Å²) in [6.07, 6.45) is 4.03. The van der Waals surface area contributed by atoms with Crippen LogP contribution in [0.15, 0.2) is 29.3 Å². The zero-order valence-corrected chi connectivity index (χ0v) is 13.7. The monoisotopic (exact) mass is 287 g/mol. The van der Waals surface area contributed by atoms with Crippen molar-refractivity contribution in [3.8, 4) is 0 Å². The summed E-state index contributed by atoms with van der Waals surface area (Å²) in [6.45, 7) is 9.76. The van der Waals surface area contributed by atoms with Gasteiger partial charge in [-0.3, -0.25) is 0 Å². The van der Waals surface area contributed by atoms with E-state index in [4.69, 9.17) is 0 Å². The smallest absolute Gasteiger partial charge is 0.235 e. The highest BCUT2D eigenvalue weighted by Crippen LogP contribution is 2.35. The van der Waals surface area contributed by atoms with Gasteiger partial charge in [0, 0.05) is 6.42 Å². The van der Waals surface area contributed by atoms with Gasteiger partial charge in [0.15, 0.2) is 0 Å². The van der Waals surface area contributed by atoms with Gasteiger partial charge in [-0.25, -0.2) is 4.79 Å². The van der Waals surface area contributed by atoms with Crippen LogP contribution in [0.4, 0.5) is 0 Å². The number of isocyanates is 1. The first kappa shape index (κ1) is 17.3. The van der Waals surface area contributed by atoms with Crippen LogP contribution in [0, 0.1) is 0 Å². The summed E-state index contributed by atoms with van der Waals surface area (Å²) >= 11 is 0. The van der Waals surface area contributed by atoms with Gasteiger partial charge in [-0.15, -0.1) is 0 Å². The summed E-state index contributed by atoms with van der Waals surface area (Å²) in [5, 5.41) is 0. The van der Waals surface area contributed by atoms with E-state index in [-0.39, 0.29) is 11.2 Å². The highest BCUT2D eigenvalue weighted by Gasteiger charge is 2.27. The minimum absolute atomic E-state index is 0.0390. The second-order valence-corrected chi connectivity index (χ2v) is 6.46. The van der Waals surface area contributed by atoms with E-state index in [0.29, 0.717) is 6.42 Å². The topological polar surface area (TPSA) is 46.5 Å².